The molecule has 3 atom stereocenters. The topological polar surface area (TPSA) is 26.0 Å². The highest BCUT2D eigenvalue weighted by molar-refractivity contribution is 5.16. The minimum absolute atomic E-state index is 0.623. The van der Waals surface area contributed by atoms with Gasteiger partial charge in [0.2, 0.25) is 0 Å². The first-order valence-corrected chi connectivity index (χ1v) is 7.75. The van der Waals surface area contributed by atoms with Crippen molar-refractivity contribution in [3.63, 3.8) is 0 Å². The Hall–Kier alpha value is -0.740. The quantitative estimate of drug-likeness (QED) is 0.579. The zero-order valence-electron chi connectivity index (χ0n) is 11.5. The van der Waals surface area contributed by atoms with Crippen LogP contribution in [0.1, 0.15) is 57.8 Å². The van der Waals surface area contributed by atoms with Crippen LogP contribution in [0.4, 0.5) is 0 Å². The SMILES string of the molecule is NCCC1CCCCCC/C=C\CC2CC#CC21. The van der Waals surface area contributed by atoms with Gasteiger partial charge in [0.1, 0.15) is 0 Å². The van der Waals surface area contributed by atoms with E-state index in [2.05, 4.69) is 24.0 Å². The van der Waals surface area contributed by atoms with Crippen LogP contribution in [0, 0.1) is 29.6 Å². The Bertz CT molecular complexity index is 320. The van der Waals surface area contributed by atoms with Crippen LogP contribution in [0.3, 0.4) is 0 Å². The molecule has 2 N–H and O–H groups in total. The maximum atomic E-state index is 5.80. The summed E-state index contributed by atoms with van der Waals surface area (Å²) in [6.45, 7) is 0.825. The van der Waals surface area contributed by atoms with E-state index in [1.54, 1.807) is 0 Å². The van der Waals surface area contributed by atoms with Crippen LogP contribution < -0.4 is 5.73 Å². The Morgan fingerprint density at radius 1 is 1.11 bits per heavy atom. The summed E-state index contributed by atoms with van der Waals surface area (Å²) in [5.41, 5.74) is 5.80. The third kappa shape index (κ3) is 3.89. The molecule has 0 amide bonds. The number of nitrogens with two attached hydrogens (primary N) is 1. The molecule has 1 nitrogen and oxygen atoms in total. The van der Waals surface area contributed by atoms with Gasteiger partial charge in [-0.1, -0.05) is 37.3 Å². The highest BCUT2D eigenvalue weighted by Crippen LogP contribution is 2.35. The van der Waals surface area contributed by atoms with E-state index in [4.69, 9.17) is 5.73 Å². The molecule has 0 aromatic heterocycles. The van der Waals surface area contributed by atoms with Gasteiger partial charge in [0.25, 0.3) is 0 Å². The maximum absolute atomic E-state index is 5.80. The fourth-order valence-corrected chi connectivity index (χ4v) is 3.41. The first-order valence-electron chi connectivity index (χ1n) is 7.75. The van der Waals surface area contributed by atoms with E-state index in [1.165, 1.54) is 51.4 Å². The third-order valence-electron chi connectivity index (χ3n) is 4.49. The van der Waals surface area contributed by atoms with Crippen LogP contribution in [0.25, 0.3) is 0 Å². The normalized spacial score (nSPS) is 34.6. The van der Waals surface area contributed by atoms with Crippen molar-refractivity contribution in [2.45, 2.75) is 57.8 Å². The van der Waals surface area contributed by atoms with Gasteiger partial charge in [0.05, 0.1) is 0 Å². The molecule has 100 valence electrons. The van der Waals surface area contributed by atoms with E-state index in [0.717, 1.165) is 24.8 Å². The lowest BCUT2D eigenvalue weighted by atomic mass is 9.77. The van der Waals surface area contributed by atoms with Gasteiger partial charge in [-0.15, -0.1) is 5.92 Å². The molecule has 0 aliphatic heterocycles. The molecule has 0 heterocycles. The monoisotopic (exact) mass is 245 g/mol. The molecule has 0 saturated heterocycles. The van der Waals surface area contributed by atoms with Crippen molar-refractivity contribution < 1.29 is 0 Å². The van der Waals surface area contributed by atoms with Crippen LogP contribution in [0.5, 0.6) is 0 Å². The second-order valence-electron chi connectivity index (χ2n) is 5.85. The van der Waals surface area contributed by atoms with Crippen molar-refractivity contribution in [1.82, 2.24) is 0 Å². The molecule has 0 bridgehead atoms. The average Bonchev–Trinajstić information content (AvgIpc) is 2.82. The molecule has 2 aliphatic carbocycles. The van der Waals surface area contributed by atoms with E-state index >= 15 is 0 Å². The summed E-state index contributed by atoms with van der Waals surface area (Å²) in [6, 6.07) is 0. The fraction of sp³-hybridized carbons (Fsp3) is 0.765. The Labute approximate surface area is 112 Å². The molecule has 3 unspecified atom stereocenters. The Morgan fingerprint density at radius 3 is 2.89 bits per heavy atom. The number of hydrogen-bond donors (Lipinski definition) is 1. The van der Waals surface area contributed by atoms with Crippen molar-refractivity contribution in [3.8, 4) is 11.8 Å². The van der Waals surface area contributed by atoms with Crippen molar-refractivity contribution >= 4 is 0 Å². The average molecular weight is 245 g/mol. The van der Waals surface area contributed by atoms with Crippen LogP contribution in [-0.4, -0.2) is 6.54 Å². The second-order valence-corrected chi connectivity index (χ2v) is 5.85. The third-order valence-corrected chi connectivity index (χ3v) is 4.49. The Kier molecular flexibility index (Phi) is 5.81. The van der Waals surface area contributed by atoms with E-state index in [1.807, 2.05) is 0 Å². The Morgan fingerprint density at radius 2 is 2.00 bits per heavy atom. The minimum Gasteiger partial charge on any atom is -0.330 e. The molecule has 0 aromatic carbocycles. The van der Waals surface area contributed by atoms with Crippen LogP contribution in [0.15, 0.2) is 12.2 Å². The molecule has 0 spiro atoms. The van der Waals surface area contributed by atoms with E-state index in [9.17, 15) is 0 Å². The zero-order chi connectivity index (χ0) is 12.6. The van der Waals surface area contributed by atoms with E-state index < -0.39 is 0 Å². The van der Waals surface area contributed by atoms with Gasteiger partial charge in [-0.25, -0.2) is 0 Å². The van der Waals surface area contributed by atoms with Gasteiger partial charge in [-0.05, 0) is 50.5 Å². The fourth-order valence-electron chi connectivity index (χ4n) is 3.41. The molecule has 0 aromatic rings. The van der Waals surface area contributed by atoms with Crippen molar-refractivity contribution in [2.75, 3.05) is 6.54 Å². The molecule has 2 rings (SSSR count). The van der Waals surface area contributed by atoms with Gasteiger partial charge in [-0.3, -0.25) is 0 Å². The summed E-state index contributed by atoms with van der Waals surface area (Å²) in [7, 11) is 0. The largest absolute Gasteiger partial charge is 0.330 e. The highest BCUT2D eigenvalue weighted by Gasteiger charge is 2.29. The minimum atomic E-state index is 0.623. The lowest BCUT2D eigenvalue weighted by Crippen LogP contribution is -2.22. The summed E-state index contributed by atoms with van der Waals surface area (Å²) >= 11 is 0. The summed E-state index contributed by atoms with van der Waals surface area (Å²) in [5.74, 6) is 8.98. The summed E-state index contributed by atoms with van der Waals surface area (Å²) in [6.07, 6.45) is 16.4. The lowest BCUT2D eigenvalue weighted by Gasteiger charge is -2.26. The summed E-state index contributed by atoms with van der Waals surface area (Å²) < 4.78 is 0. The van der Waals surface area contributed by atoms with Gasteiger partial charge in [-0.2, -0.15) is 0 Å². The highest BCUT2D eigenvalue weighted by atomic mass is 14.5. The predicted molar refractivity (Wildman–Crippen MR) is 78.0 cm³/mol. The smallest absolute Gasteiger partial charge is 0.0271 e. The predicted octanol–water partition coefficient (Wildman–Crippen LogP) is 3.89. The van der Waals surface area contributed by atoms with Gasteiger partial charge in [0.15, 0.2) is 0 Å². The number of hydrogen-bond acceptors (Lipinski definition) is 1. The first-order chi connectivity index (χ1) is 8.92. The molecule has 2 aliphatic rings. The van der Waals surface area contributed by atoms with Gasteiger partial charge >= 0.3 is 0 Å². The van der Waals surface area contributed by atoms with Gasteiger partial charge < -0.3 is 5.73 Å². The van der Waals surface area contributed by atoms with Crippen molar-refractivity contribution in [2.24, 2.45) is 23.5 Å². The molecular weight excluding hydrogens is 218 g/mol. The molecule has 0 saturated carbocycles. The summed E-state index contributed by atoms with van der Waals surface area (Å²) in [5, 5.41) is 0. The van der Waals surface area contributed by atoms with Crippen molar-refractivity contribution in [1.29, 1.82) is 0 Å². The van der Waals surface area contributed by atoms with Crippen molar-refractivity contribution in [3.05, 3.63) is 12.2 Å². The molecule has 0 radical (unpaired) electrons. The summed E-state index contributed by atoms with van der Waals surface area (Å²) in [4.78, 5) is 0. The van der Waals surface area contributed by atoms with Crippen LogP contribution >= 0.6 is 0 Å². The first kappa shape index (κ1) is 13.7. The molecule has 1 heteroatoms. The number of allylic oxidation sites excluding steroid dienone is 2. The molecular formula is C17H27N. The molecule has 0 fully saturated rings. The van der Waals surface area contributed by atoms with E-state index in [-0.39, 0.29) is 0 Å². The number of fused-ring (bicyclic) bond motifs is 1. The molecule has 18 heavy (non-hydrogen) atoms. The zero-order valence-corrected chi connectivity index (χ0v) is 11.5. The second kappa shape index (κ2) is 7.64. The number of rotatable bonds is 2. The van der Waals surface area contributed by atoms with Crippen LogP contribution in [-0.2, 0) is 0 Å². The van der Waals surface area contributed by atoms with E-state index in [0.29, 0.717) is 5.92 Å². The maximum Gasteiger partial charge on any atom is 0.0271 e. The van der Waals surface area contributed by atoms with Crippen LogP contribution in [0.2, 0.25) is 0 Å². The lowest BCUT2D eigenvalue weighted by molar-refractivity contribution is 0.269. The standard InChI is InChI=1S/C17H27N/c18-14-13-16-10-7-5-3-1-2-4-6-9-15-11-8-12-17(15)16/h4,6,15-17H,1-3,5,7,9-11,13-14,18H2/b6-4-. The van der Waals surface area contributed by atoms with Gasteiger partial charge in [0, 0.05) is 12.3 Å². The Balaban J connectivity index is 2.00.